The fourth-order valence-electron chi connectivity index (χ4n) is 2.63. The zero-order valence-electron chi connectivity index (χ0n) is 11.2. The smallest absolute Gasteiger partial charge is 0.0685 e. The molecule has 0 radical (unpaired) electrons. The van der Waals surface area contributed by atoms with Gasteiger partial charge in [0.05, 0.1) is 6.04 Å². The van der Waals surface area contributed by atoms with Gasteiger partial charge in [0.25, 0.3) is 0 Å². The van der Waals surface area contributed by atoms with Gasteiger partial charge in [-0.25, -0.2) is 5.43 Å². The van der Waals surface area contributed by atoms with E-state index in [0.717, 1.165) is 6.42 Å². The number of nitrogens with zero attached hydrogens (tertiary/aromatic N) is 1. The van der Waals surface area contributed by atoms with E-state index in [2.05, 4.69) is 29.5 Å². The molecule has 1 aliphatic carbocycles. The molecule has 1 aliphatic rings. The Morgan fingerprint density at radius 1 is 1.22 bits per heavy atom. The normalized spacial score (nSPS) is 21.6. The highest BCUT2D eigenvalue weighted by Crippen LogP contribution is 2.28. The standard InChI is InChI=1S/C15H23N3/c1-12-9-14(11-17-10-12)15(18-16)13-7-5-3-2-4-6-8-13/h7,9-11,15,18H,2-6,8,16H2,1H3/b13-7+. The van der Waals surface area contributed by atoms with Crippen LogP contribution in [-0.4, -0.2) is 4.98 Å². The number of nitrogens with two attached hydrogens (primary N) is 1. The van der Waals surface area contributed by atoms with Gasteiger partial charge in [0.2, 0.25) is 0 Å². The van der Waals surface area contributed by atoms with Crippen LogP contribution in [0.2, 0.25) is 0 Å². The SMILES string of the molecule is Cc1cncc(C(NN)/C2=C/CCCCCC2)c1. The molecule has 0 bridgehead atoms. The summed E-state index contributed by atoms with van der Waals surface area (Å²) in [5.41, 5.74) is 6.73. The molecular weight excluding hydrogens is 222 g/mol. The van der Waals surface area contributed by atoms with E-state index in [1.165, 1.54) is 48.8 Å². The molecule has 3 N–H and O–H groups in total. The second-order valence-corrected chi connectivity index (χ2v) is 5.13. The molecule has 0 aliphatic heterocycles. The van der Waals surface area contributed by atoms with Gasteiger partial charge in [-0.05, 0) is 43.7 Å². The topological polar surface area (TPSA) is 50.9 Å². The molecule has 18 heavy (non-hydrogen) atoms. The second kappa shape index (κ2) is 6.66. The van der Waals surface area contributed by atoms with E-state index in [1.807, 2.05) is 12.4 Å². The summed E-state index contributed by atoms with van der Waals surface area (Å²) in [6.07, 6.45) is 13.7. The lowest BCUT2D eigenvalue weighted by atomic mass is 9.91. The third-order valence-corrected chi connectivity index (χ3v) is 3.59. The van der Waals surface area contributed by atoms with Gasteiger partial charge < -0.3 is 0 Å². The molecular formula is C15H23N3. The van der Waals surface area contributed by atoms with Crippen molar-refractivity contribution in [1.29, 1.82) is 0 Å². The first-order chi connectivity index (χ1) is 8.81. The first-order valence-electron chi connectivity index (χ1n) is 6.88. The average Bonchev–Trinajstić information content (AvgIpc) is 2.32. The highest BCUT2D eigenvalue weighted by Gasteiger charge is 2.16. The predicted molar refractivity (Wildman–Crippen MR) is 74.8 cm³/mol. The fraction of sp³-hybridized carbons (Fsp3) is 0.533. The number of rotatable bonds is 3. The van der Waals surface area contributed by atoms with Gasteiger partial charge in [0.15, 0.2) is 0 Å². The number of aromatic nitrogens is 1. The molecule has 1 aromatic heterocycles. The van der Waals surface area contributed by atoms with E-state index in [4.69, 9.17) is 5.84 Å². The van der Waals surface area contributed by atoms with Crippen molar-refractivity contribution in [1.82, 2.24) is 10.4 Å². The van der Waals surface area contributed by atoms with E-state index in [0.29, 0.717) is 0 Å². The van der Waals surface area contributed by atoms with Crippen molar-refractivity contribution in [2.45, 2.75) is 51.5 Å². The molecule has 3 heteroatoms. The minimum atomic E-state index is 0.121. The van der Waals surface area contributed by atoms with Crippen molar-refractivity contribution in [2.24, 2.45) is 5.84 Å². The van der Waals surface area contributed by atoms with Crippen molar-refractivity contribution >= 4 is 0 Å². The molecule has 1 aromatic rings. The highest BCUT2D eigenvalue weighted by atomic mass is 15.2. The van der Waals surface area contributed by atoms with E-state index in [9.17, 15) is 0 Å². The van der Waals surface area contributed by atoms with Gasteiger partial charge in [0, 0.05) is 12.4 Å². The van der Waals surface area contributed by atoms with E-state index in [1.54, 1.807) is 0 Å². The molecule has 1 atom stereocenters. The molecule has 0 amide bonds. The largest absolute Gasteiger partial charge is 0.271 e. The van der Waals surface area contributed by atoms with Crippen molar-refractivity contribution in [3.05, 3.63) is 41.2 Å². The Labute approximate surface area is 109 Å². The van der Waals surface area contributed by atoms with Gasteiger partial charge in [-0.3, -0.25) is 10.8 Å². The van der Waals surface area contributed by atoms with E-state index >= 15 is 0 Å². The highest BCUT2D eigenvalue weighted by molar-refractivity contribution is 5.28. The zero-order chi connectivity index (χ0) is 12.8. The van der Waals surface area contributed by atoms with Crippen molar-refractivity contribution in [2.75, 3.05) is 0 Å². The number of hydrogen-bond acceptors (Lipinski definition) is 3. The summed E-state index contributed by atoms with van der Waals surface area (Å²) in [5.74, 6) is 5.76. The third kappa shape index (κ3) is 3.40. The molecule has 0 fully saturated rings. The predicted octanol–water partition coefficient (Wildman–Crippen LogP) is 3.18. The number of allylic oxidation sites excluding steroid dienone is 1. The van der Waals surface area contributed by atoms with Gasteiger partial charge in [-0.2, -0.15) is 0 Å². The minimum absolute atomic E-state index is 0.121. The number of hydrogen-bond donors (Lipinski definition) is 2. The Kier molecular flexibility index (Phi) is 4.90. The second-order valence-electron chi connectivity index (χ2n) is 5.13. The summed E-state index contributed by atoms with van der Waals surface area (Å²) in [7, 11) is 0. The van der Waals surface area contributed by atoms with Crippen LogP contribution in [-0.2, 0) is 0 Å². The number of aryl methyl sites for hydroxylation is 1. The fourth-order valence-corrected chi connectivity index (χ4v) is 2.63. The molecule has 3 nitrogen and oxygen atoms in total. The summed E-state index contributed by atoms with van der Waals surface area (Å²) >= 11 is 0. The lowest BCUT2D eigenvalue weighted by Gasteiger charge is -2.22. The van der Waals surface area contributed by atoms with Crippen LogP contribution in [0.5, 0.6) is 0 Å². The molecule has 0 saturated carbocycles. The van der Waals surface area contributed by atoms with Crippen LogP contribution in [0.1, 0.15) is 55.7 Å². The molecule has 1 heterocycles. The van der Waals surface area contributed by atoms with Crippen LogP contribution in [0.25, 0.3) is 0 Å². The Hall–Kier alpha value is -1.19. The Morgan fingerprint density at radius 2 is 2.06 bits per heavy atom. The first-order valence-corrected chi connectivity index (χ1v) is 6.88. The molecule has 98 valence electrons. The Balaban J connectivity index is 2.21. The minimum Gasteiger partial charge on any atom is -0.271 e. The summed E-state index contributed by atoms with van der Waals surface area (Å²) in [6.45, 7) is 2.07. The van der Waals surface area contributed by atoms with E-state index < -0.39 is 0 Å². The number of nitrogens with one attached hydrogen (secondary N) is 1. The van der Waals surface area contributed by atoms with Gasteiger partial charge in [0.1, 0.15) is 0 Å². The quantitative estimate of drug-likeness (QED) is 0.488. The maximum Gasteiger partial charge on any atom is 0.0685 e. The molecule has 2 rings (SSSR count). The average molecular weight is 245 g/mol. The summed E-state index contributed by atoms with van der Waals surface area (Å²) in [5, 5.41) is 0. The molecule has 1 unspecified atom stereocenters. The van der Waals surface area contributed by atoms with Crippen LogP contribution in [0.4, 0.5) is 0 Å². The Bertz CT molecular complexity index is 412. The zero-order valence-corrected chi connectivity index (χ0v) is 11.2. The lowest BCUT2D eigenvalue weighted by Crippen LogP contribution is -2.29. The van der Waals surface area contributed by atoms with Crippen LogP contribution < -0.4 is 11.3 Å². The maximum atomic E-state index is 5.76. The lowest BCUT2D eigenvalue weighted by molar-refractivity contribution is 0.554. The van der Waals surface area contributed by atoms with Crippen molar-refractivity contribution < 1.29 is 0 Å². The third-order valence-electron chi connectivity index (χ3n) is 3.59. The molecule has 0 saturated heterocycles. The monoisotopic (exact) mass is 245 g/mol. The van der Waals surface area contributed by atoms with Gasteiger partial charge in [-0.15, -0.1) is 0 Å². The summed E-state index contributed by atoms with van der Waals surface area (Å²) in [4.78, 5) is 4.27. The van der Waals surface area contributed by atoms with Gasteiger partial charge >= 0.3 is 0 Å². The summed E-state index contributed by atoms with van der Waals surface area (Å²) < 4.78 is 0. The number of pyridine rings is 1. The maximum absolute atomic E-state index is 5.76. The van der Waals surface area contributed by atoms with Crippen LogP contribution in [0.3, 0.4) is 0 Å². The van der Waals surface area contributed by atoms with Crippen LogP contribution in [0, 0.1) is 6.92 Å². The molecule has 0 aromatic carbocycles. The van der Waals surface area contributed by atoms with E-state index in [-0.39, 0.29) is 6.04 Å². The Morgan fingerprint density at radius 3 is 2.83 bits per heavy atom. The molecule has 0 spiro atoms. The summed E-state index contributed by atoms with van der Waals surface area (Å²) in [6, 6.07) is 2.28. The van der Waals surface area contributed by atoms with Crippen molar-refractivity contribution in [3.63, 3.8) is 0 Å². The van der Waals surface area contributed by atoms with Crippen molar-refractivity contribution in [3.8, 4) is 0 Å². The first kappa shape index (κ1) is 13.2. The van der Waals surface area contributed by atoms with Crippen LogP contribution in [0.15, 0.2) is 30.1 Å². The number of hydrazine groups is 1. The van der Waals surface area contributed by atoms with Crippen LogP contribution >= 0.6 is 0 Å². The van der Waals surface area contributed by atoms with Gasteiger partial charge in [-0.1, -0.05) is 30.6 Å².